The smallest absolute Gasteiger partial charge is 0 e. The number of rotatable bonds is 0. The maximum Gasteiger partial charge on any atom is 0 e. The van der Waals surface area contributed by atoms with Crippen molar-refractivity contribution in [1.82, 2.24) is 4.98 Å². The number of nitrogens with zero attached hydrogens (tertiary/aromatic N) is 1. The minimum absolute atomic E-state index is 0. The van der Waals surface area contributed by atoms with Crippen LogP contribution in [0.4, 0.5) is 0 Å². The molecule has 0 fully saturated rings. The van der Waals surface area contributed by atoms with Crippen LogP contribution in [0.5, 0.6) is 0 Å². The molecule has 1 aromatic rings. The molecule has 0 bridgehead atoms. The van der Waals surface area contributed by atoms with E-state index in [0.29, 0.717) is 0 Å². The summed E-state index contributed by atoms with van der Waals surface area (Å²) in [6, 6.07) is 0. The summed E-state index contributed by atoms with van der Waals surface area (Å²) in [6.45, 7) is 1.95. The first-order chi connectivity index (χ1) is 2.89. The van der Waals surface area contributed by atoms with Crippen LogP contribution in [0.2, 0.25) is 0 Å². The van der Waals surface area contributed by atoms with Gasteiger partial charge in [0.2, 0.25) is 0 Å². The first-order valence-electron chi connectivity index (χ1n) is 1.68. The van der Waals surface area contributed by atoms with Crippen molar-refractivity contribution in [2.24, 2.45) is 0 Å². The summed E-state index contributed by atoms with van der Waals surface area (Å²) in [6.07, 6.45) is 0. The average Bonchev–Trinajstić information content (AvgIpc) is 1.86. The predicted octanol–water partition coefficient (Wildman–Crippen LogP) is 1.25. The van der Waals surface area contributed by atoms with Gasteiger partial charge in [0.05, 0.1) is 0 Å². The fourth-order valence-corrected chi connectivity index (χ4v) is 0.709. The van der Waals surface area contributed by atoms with Gasteiger partial charge in [0.1, 0.15) is 0 Å². The van der Waals surface area contributed by atoms with E-state index >= 15 is 0 Å². The van der Waals surface area contributed by atoms with E-state index in [-0.39, 0.29) is 42.1 Å². The summed E-state index contributed by atoms with van der Waals surface area (Å²) in [5.41, 5.74) is 3.78. The van der Waals surface area contributed by atoms with Crippen LogP contribution >= 0.6 is 11.3 Å². The zero-order valence-electron chi connectivity index (χ0n) is 4.25. The molecule has 0 N–H and O–H groups in total. The third kappa shape index (κ3) is 3.94. The van der Waals surface area contributed by atoms with E-state index in [2.05, 4.69) is 10.5 Å². The number of thiazole rings is 1. The van der Waals surface area contributed by atoms with Gasteiger partial charge in [-0.25, -0.2) is 0 Å². The molecule has 0 aromatic carbocycles. The fourth-order valence-electron chi connectivity index (χ4n) is 0.236. The van der Waals surface area contributed by atoms with Gasteiger partial charge in [0, 0.05) is 42.1 Å². The van der Waals surface area contributed by atoms with E-state index < -0.39 is 0 Å². The Morgan fingerprint density at radius 3 is 2.38 bits per heavy atom. The van der Waals surface area contributed by atoms with Gasteiger partial charge in [0.25, 0.3) is 0 Å². The maximum absolute atomic E-state index is 3.81. The average molecular weight is 466 g/mol. The van der Waals surface area contributed by atoms with Gasteiger partial charge < -0.3 is 4.98 Å². The Labute approximate surface area is 81.4 Å². The fraction of sp³-hybridized carbons (Fsp3) is 0.250. The van der Waals surface area contributed by atoms with Gasteiger partial charge in [-0.05, 0) is 5.51 Å². The van der Waals surface area contributed by atoms with Crippen molar-refractivity contribution >= 4 is 11.3 Å². The van der Waals surface area contributed by atoms with Gasteiger partial charge in [-0.3, -0.25) is 11.3 Å². The van der Waals surface area contributed by atoms with Crippen molar-refractivity contribution in [1.29, 1.82) is 0 Å². The second-order valence-electron chi connectivity index (χ2n) is 1.08. The number of aromatic nitrogens is 1. The van der Waals surface area contributed by atoms with Crippen molar-refractivity contribution in [2.45, 2.75) is 6.92 Å². The Hall–Kier alpha value is 1.01. The largest absolute Gasteiger partial charge is 0.391 e. The second-order valence-corrected chi connectivity index (χ2v) is 1.73. The molecule has 0 radical (unpaired) electrons. The van der Waals surface area contributed by atoms with Gasteiger partial charge in [-0.2, -0.15) is 0 Å². The maximum atomic E-state index is 3.81. The molecule has 0 aliphatic carbocycles. The molecule has 0 amide bonds. The van der Waals surface area contributed by atoms with E-state index in [1.54, 1.807) is 0 Å². The van der Waals surface area contributed by atoms with Crippen LogP contribution in [-0.4, -0.2) is 4.98 Å². The Balaban J connectivity index is 0. The molecule has 8 heavy (non-hydrogen) atoms. The quantitative estimate of drug-likeness (QED) is 0.526. The van der Waals surface area contributed by atoms with Crippen molar-refractivity contribution in [3.63, 3.8) is 0 Å². The third-order valence-electron chi connectivity index (χ3n) is 0.504. The van der Waals surface area contributed by atoms with Crippen molar-refractivity contribution in [3.8, 4) is 0 Å². The molecular formula is C4H4NSW2-. The summed E-state index contributed by atoms with van der Waals surface area (Å²) in [5.74, 6) is 0. The predicted molar refractivity (Wildman–Crippen MR) is 25.7 cm³/mol. The van der Waals surface area contributed by atoms with Gasteiger partial charge >= 0.3 is 0 Å². The van der Waals surface area contributed by atoms with Crippen LogP contribution in [0.3, 0.4) is 0 Å². The topological polar surface area (TPSA) is 12.9 Å². The summed E-state index contributed by atoms with van der Waals surface area (Å²) in [7, 11) is 0. The molecule has 1 heterocycles. The van der Waals surface area contributed by atoms with Crippen LogP contribution in [0.1, 0.15) is 5.69 Å². The monoisotopic (exact) mass is 466 g/mol. The molecule has 0 unspecified atom stereocenters. The van der Waals surface area contributed by atoms with Crippen LogP contribution < -0.4 is 0 Å². The second kappa shape index (κ2) is 6.13. The Morgan fingerprint density at radius 1 is 1.62 bits per heavy atom. The molecule has 44 valence electrons. The summed E-state index contributed by atoms with van der Waals surface area (Å²) in [5, 5.41) is 1.96. The molecule has 0 saturated heterocycles. The molecule has 4 heteroatoms. The van der Waals surface area contributed by atoms with Crippen molar-refractivity contribution < 1.29 is 42.1 Å². The van der Waals surface area contributed by atoms with Crippen molar-refractivity contribution in [2.75, 3.05) is 0 Å². The molecule has 0 spiro atoms. The van der Waals surface area contributed by atoms with E-state index in [9.17, 15) is 0 Å². The number of hydrogen-bond donors (Lipinski definition) is 0. The van der Waals surface area contributed by atoms with Gasteiger partial charge in [0.15, 0.2) is 0 Å². The number of hydrogen-bond acceptors (Lipinski definition) is 2. The zero-order chi connectivity index (χ0) is 4.41. The Bertz CT molecular complexity index is 118. The summed E-state index contributed by atoms with van der Waals surface area (Å²) in [4.78, 5) is 3.81. The molecular weight excluding hydrogens is 462 g/mol. The third-order valence-corrected chi connectivity index (χ3v) is 1.16. The molecule has 0 aliphatic rings. The van der Waals surface area contributed by atoms with Crippen molar-refractivity contribution in [3.05, 3.63) is 16.6 Å². The molecule has 0 aliphatic heterocycles. The first kappa shape index (κ1) is 11.8. The van der Waals surface area contributed by atoms with E-state index in [4.69, 9.17) is 0 Å². The zero-order valence-corrected chi connectivity index (χ0v) is 10.9. The van der Waals surface area contributed by atoms with E-state index in [0.717, 1.165) is 5.69 Å². The molecule has 1 nitrogen and oxygen atoms in total. The first-order valence-corrected chi connectivity index (χ1v) is 2.56. The van der Waals surface area contributed by atoms with Crippen LogP contribution in [0, 0.1) is 12.4 Å². The minimum atomic E-state index is 0. The minimum Gasteiger partial charge on any atom is -0.391 e. The van der Waals surface area contributed by atoms with E-state index in [1.807, 2.05) is 12.3 Å². The van der Waals surface area contributed by atoms with Crippen LogP contribution in [0.25, 0.3) is 0 Å². The summed E-state index contributed by atoms with van der Waals surface area (Å²) < 4.78 is 0. The normalized spacial score (nSPS) is 6.62. The SMILES string of the molecule is Cc1cs[c-]n1.[W].[W]. The Kier molecular flexibility index (Phi) is 9.01. The van der Waals surface area contributed by atoms with Crippen LogP contribution in [0.15, 0.2) is 5.38 Å². The van der Waals surface area contributed by atoms with Gasteiger partial charge in [-0.1, -0.05) is 6.92 Å². The van der Waals surface area contributed by atoms with Crippen LogP contribution in [-0.2, 0) is 42.1 Å². The standard InChI is InChI=1S/C4H4NS.2W/c1-4-2-6-3-5-4;;/h2H,1H3;;/q-1;;. The molecule has 0 atom stereocenters. The van der Waals surface area contributed by atoms with E-state index in [1.165, 1.54) is 11.3 Å². The Morgan fingerprint density at radius 2 is 2.25 bits per heavy atom. The molecule has 1 aromatic heterocycles. The summed E-state index contributed by atoms with van der Waals surface area (Å²) >= 11 is 1.50. The molecule has 0 saturated carbocycles. The molecule has 1 rings (SSSR count). The number of aryl methyl sites for hydroxylation is 1. The van der Waals surface area contributed by atoms with Gasteiger partial charge in [-0.15, -0.1) is 11.1 Å².